The number of allylic oxidation sites excluding steroid dienone is 4. The van der Waals surface area contributed by atoms with Gasteiger partial charge in [0.25, 0.3) is 0 Å². The normalized spacial score (nSPS) is 14.9. The number of amides is 2. The molecule has 1 aliphatic heterocycles. The minimum Gasteiger partial charge on any atom is -0.338 e. The molecule has 1 fully saturated rings. The zero-order valence-electron chi connectivity index (χ0n) is 30.7. The fourth-order valence-electron chi connectivity index (χ4n) is 5.87. The number of urea groups is 1. The van der Waals surface area contributed by atoms with E-state index in [0.717, 1.165) is 55.4 Å². The fraction of sp³-hybridized carbons (Fsp3) is 0.325. The summed E-state index contributed by atoms with van der Waals surface area (Å²) in [5, 5.41) is 18.9. The first kappa shape index (κ1) is 41.5. The number of anilines is 1. The van der Waals surface area contributed by atoms with Crippen LogP contribution >= 0.6 is 23.2 Å². The summed E-state index contributed by atoms with van der Waals surface area (Å²) in [5.74, 6) is 2.09. The largest absolute Gasteiger partial charge is 0.338 e. The van der Waals surface area contributed by atoms with Crippen LogP contribution in [-0.4, -0.2) is 73.7 Å². The quantitative estimate of drug-likeness (QED) is 0.145. The van der Waals surface area contributed by atoms with E-state index >= 15 is 0 Å². The van der Waals surface area contributed by atoms with Crippen molar-refractivity contribution in [2.24, 2.45) is 7.05 Å². The number of benzene rings is 2. The zero-order valence-corrected chi connectivity index (χ0v) is 32.2. The van der Waals surface area contributed by atoms with E-state index in [2.05, 4.69) is 80.2 Å². The Morgan fingerprint density at radius 1 is 1.04 bits per heavy atom. The molecular weight excluding hydrogens is 693 g/mol. The van der Waals surface area contributed by atoms with Crippen LogP contribution in [0.1, 0.15) is 54.1 Å². The van der Waals surface area contributed by atoms with Gasteiger partial charge in [0.15, 0.2) is 0 Å². The Morgan fingerprint density at radius 2 is 1.69 bits per heavy atom. The second kappa shape index (κ2) is 21.4. The first-order valence-electron chi connectivity index (χ1n) is 17.0. The highest BCUT2D eigenvalue weighted by atomic mass is 35.5. The average molecular weight is 743 g/mol. The molecule has 2 amide bonds. The maximum absolute atomic E-state index is 12.9. The molecule has 2 aromatic carbocycles. The first-order chi connectivity index (χ1) is 25.1. The summed E-state index contributed by atoms with van der Waals surface area (Å²) in [4.78, 5) is 25.5. The average Bonchev–Trinajstić information content (AvgIpc) is 3.72. The highest BCUT2D eigenvalue weighted by Gasteiger charge is 2.29. The van der Waals surface area contributed by atoms with E-state index in [0.29, 0.717) is 24.3 Å². The summed E-state index contributed by atoms with van der Waals surface area (Å²) in [7, 11) is 1.97. The van der Waals surface area contributed by atoms with Crippen LogP contribution in [0.2, 0.25) is 5.02 Å². The van der Waals surface area contributed by atoms with Gasteiger partial charge in [0.2, 0.25) is 0 Å². The van der Waals surface area contributed by atoms with Gasteiger partial charge in [-0.15, -0.1) is 11.6 Å². The van der Waals surface area contributed by atoms with Crippen molar-refractivity contribution in [3.63, 3.8) is 0 Å². The minimum atomic E-state index is -0.115. The molecule has 1 saturated heterocycles. The number of rotatable bonds is 7. The molecule has 4 aromatic rings. The molecule has 0 spiro atoms. The van der Waals surface area contributed by atoms with E-state index < -0.39 is 0 Å². The van der Waals surface area contributed by atoms with Crippen molar-refractivity contribution in [1.29, 1.82) is 10.7 Å². The number of nitriles is 1. The Balaban J connectivity index is 0.000000479. The van der Waals surface area contributed by atoms with Crippen molar-refractivity contribution in [3.05, 3.63) is 131 Å². The minimum absolute atomic E-state index is 0.115. The highest BCUT2D eigenvalue weighted by Crippen LogP contribution is 2.38. The molecule has 2 aliphatic rings. The van der Waals surface area contributed by atoms with Crippen LogP contribution in [0, 0.1) is 30.6 Å². The van der Waals surface area contributed by atoms with Gasteiger partial charge in [-0.05, 0) is 86.7 Å². The number of halogens is 2. The lowest BCUT2D eigenvalue weighted by atomic mass is 9.93. The van der Waals surface area contributed by atoms with Crippen LogP contribution in [0.5, 0.6) is 0 Å². The van der Waals surface area contributed by atoms with Crippen LogP contribution in [0.4, 0.5) is 10.5 Å². The molecule has 3 heterocycles. The molecule has 0 radical (unpaired) electrons. The van der Waals surface area contributed by atoms with Crippen molar-refractivity contribution in [2.45, 2.75) is 46.2 Å². The van der Waals surface area contributed by atoms with Gasteiger partial charge in [0, 0.05) is 87.9 Å². The number of hydrogen-bond acceptors (Lipinski definition) is 6. The fourth-order valence-corrected chi connectivity index (χ4v) is 6.04. The summed E-state index contributed by atoms with van der Waals surface area (Å²) < 4.78 is 4.17. The monoisotopic (exact) mass is 741 g/mol. The van der Waals surface area contributed by atoms with Crippen molar-refractivity contribution in [2.75, 3.05) is 37.9 Å². The Bertz CT molecular complexity index is 1840. The zero-order chi connectivity index (χ0) is 38.0. The number of nitrogens with zero attached hydrogens (tertiary/aromatic N) is 7. The molecule has 10 nitrogen and oxygen atoms in total. The van der Waals surface area contributed by atoms with Gasteiger partial charge in [0.05, 0.1) is 17.7 Å². The molecule has 0 bridgehead atoms. The van der Waals surface area contributed by atoms with Crippen LogP contribution in [0.15, 0.2) is 97.6 Å². The molecule has 1 atom stereocenters. The number of carbonyl (C=O) groups excluding carboxylic acids is 1. The number of imidazole rings is 2. The molecule has 2 N–H and O–H groups in total. The van der Waals surface area contributed by atoms with Crippen molar-refractivity contribution < 1.29 is 4.79 Å². The number of fused-ring (bicyclic) bond motifs is 1. The lowest BCUT2D eigenvalue weighted by Crippen LogP contribution is -2.50. The molecule has 1 unspecified atom stereocenters. The number of nitrogens with one attached hydrogen (secondary N) is 2. The predicted molar refractivity (Wildman–Crippen MR) is 214 cm³/mol. The Hall–Kier alpha value is -4.95. The van der Waals surface area contributed by atoms with E-state index in [1.54, 1.807) is 30.5 Å². The van der Waals surface area contributed by atoms with Crippen LogP contribution in [0.3, 0.4) is 0 Å². The summed E-state index contributed by atoms with van der Waals surface area (Å²) in [5.41, 5.74) is 6.28. The number of alkyl halides is 1. The molecule has 12 heteroatoms. The molecule has 0 saturated carbocycles. The standard InChI is InChI=1S/C31H33ClN6O.C5H8N2.C3H5N.CH3Cl/c1-22-18-25(4-3-12-36-13-11-34-23(36)2)29-20-26(32)7-10-28(29)30(19-22)37-14-16-38(17-15-37)31(39)35-27-8-5-24(21-33)6-9-27;1-5-6-3-4-7(5)2;1-2-3-4;1-2/h5-11,13,18-20,30H,3-4,12,14-17H2,1-2H3,(H,35,39);3-4H,1-2H3;2-4H,1H2;1H3. The molecular formula is C40H49Cl2N9O. The third-order valence-corrected chi connectivity index (χ3v) is 8.95. The first-order valence-corrected chi connectivity index (χ1v) is 18.2. The van der Waals surface area contributed by atoms with E-state index in [4.69, 9.17) is 22.3 Å². The number of aryl methyl sites for hydroxylation is 4. The van der Waals surface area contributed by atoms with Crippen LogP contribution in [0.25, 0.3) is 5.57 Å². The summed E-state index contributed by atoms with van der Waals surface area (Å²) >= 11 is 11.1. The predicted octanol–water partition coefficient (Wildman–Crippen LogP) is 8.84. The maximum Gasteiger partial charge on any atom is 0.321 e. The van der Waals surface area contributed by atoms with Gasteiger partial charge in [-0.1, -0.05) is 48.0 Å². The van der Waals surface area contributed by atoms with Gasteiger partial charge in [-0.2, -0.15) is 5.26 Å². The number of piperazine rings is 1. The van der Waals surface area contributed by atoms with E-state index in [1.807, 2.05) is 55.0 Å². The molecule has 2 aromatic heterocycles. The molecule has 274 valence electrons. The number of aromatic nitrogens is 4. The van der Waals surface area contributed by atoms with Crippen LogP contribution in [-0.2, 0) is 13.6 Å². The Kier molecular flexibility index (Phi) is 17.1. The lowest BCUT2D eigenvalue weighted by Gasteiger charge is -2.39. The van der Waals surface area contributed by atoms with Crippen molar-refractivity contribution in [1.82, 2.24) is 28.9 Å². The van der Waals surface area contributed by atoms with Crippen molar-refractivity contribution >= 4 is 46.7 Å². The molecule has 52 heavy (non-hydrogen) atoms. The smallest absolute Gasteiger partial charge is 0.321 e. The van der Waals surface area contributed by atoms with Gasteiger partial charge in [-0.25, -0.2) is 14.8 Å². The molecule has 6 rings (SSSR count). The van der Waals surface area contributed by atoms with Gasteiger partial charge >= 0.3 is 6.03 Å². The van der Waals surface area contributed by atoms with Crippen molar-refractivity contribution in [3.8, 4) is 6.07 Å². The maximum atomic E-state index is 12.9. The SMILES string of the molecule is C=CC=N.CC1=CC(N2CCN(C(=O)Nc3ccc(C#N)cc3)CC2)c2ccc(Cl)cc2C(CCCn2ccnc2C)=C1.CCl.Cc1nccn1C. The van der Waals surface area contributed by atoms with E-state index in [9.17, 15) is 4.79 Å². The van der Waals surface area contributed by atoms with Gasteiger partial charge in [-0.3, -0.25) is 4.90 Å². The summed E-state index contributed by atoms with van der Waals surface area (Å²) in [6.45, 7) is 13.2. The number of carbonyl (C=O) groups is 1. The summed E-state index contributed by atoms with van der Waals surface area (Å²) in [6.07, 6.45) is 18.2. The van der Waals surface area contributed by atoms with Gasteiger partial charge in [0.1, 0.15) is 11.6 Å². The summed E-state index contributed by atoms with van der Waals surface area (Å²) in [6, 6.07) is 15.3. The van der Waals surface area contributed by atoms with E-state index in [1.165, 1.54) is 34.7 Å². The third kappa shape index (κ3) is 12.1. The lowest BCUT2D eigenvalue weighted by molar-refractivity contribution is 0.128. The van der Waals surface area contributed by atoms with E-state index in [-0.39, 0.29) is 12.1 Å². The van der Waals surface area contributed by atoms with Gasteiger partial charge < -0.3 is 24.8 Å². The third-order valence-electron chi connectivity index (χ3n) is 8.71. The Morgan fingerprint density at radius 3 is 2.23 bits per heavy atom. The second-order valence-electron chi connectivity index (χ2n) is 12.2. The second-order valence-corrected chi connectivity index (χ2v) is 12.6. The Labute approximate surface area is 318 Å². The topological polar surface area (TPSA) is 119 Å². The number of hydrogen-bond donors (Lipinski definition) is 2. The van der Waals surface area contributed by atoms with Crippen LogP contribution < -0.4 is 5.32 Å². The molecule has 1 aliphatic carbocycles. The highest BCUT2D eigenvalue weighted by molar-refractivity contribution is 6.30.